The maximum Gasteiger partial charge on any atom is 0.339 e. The lowest BCUT2D eigenvalue weighted by Crippen LogP contribution is -2.18. The van der Waals surface area contributed by atoms with Gasteiger partial charge in [-0.05, 0) is 28.3 Å². The lowest BCUT2D eigenvalue weighted by atomic mass is 10.0. The molecule has 3 heteroatoms. The van der Waals surface area contributed by atoms with Gasteiger partial charge in [-0.2, -0.15) is 0 Å². The minimum absolute atomic E-state index is 0.376. The van der Waals surface area contributed by atoms with Crippen LogP contribution < -0.4 is 0 Å². The Morgan fingerprint density at radius 1 is 0.917 bits per heavy atom. The summed E-state index contributed by atoms with van der Waals surface area (Å²) in [7, 11) is 1.38. The van der Waals surface area contributed by atoms with Crippen LogP contribution in [0.1, 0.15) is 17.2 Å². The van der Waals surface area contributed by atoms with E-state index in [0.29, 0.717) is 6.61 Å². The predicted octanol–water partition coefficient (Wildman–Crippen LogP) is 4.31. The van der Waals surface area contributed by atoms with Gasteiger partial charge in [0.1, 0.15) is 0 Å². The van der Waals surface area contributed by atoms with Crippen molar-refractivity contribution in [1.82, 2.24) is 0 Å². The van der Waals surface area contributed by atoms with Crippen LogP contribution in [0.4, 0.5) is 0 Å². The number of fused-ring (bicyclic) bond motifs is 1. The smallest absolute Gasteiger partial charge is 0.339 e. The normalized spacial score (nSPS) is 12.0. The SMILES string of the molecule is COC(=O)[C@H](OCCc1cccc2ccccc12)c1ccccc1. The molecule has 0 aromatic heterocycles. The van der Waals surface area contributed by atoms with Crippen molar-refractivity contribution >= 4 is 16.7 Å². The summed E-state index contributed by atoms with van der Waals surface area (Å²) in [6, 6.07) is 24.0. The van der Waals surface area contributed by atoms with Crippen LogP contribution in [0.5, 0.6) is 0 Å². The maximum atomic E-state index is 12.0. The number of methoxy groups -OCH3 is 1. The Hall–Kier alpha value is -2.65. The number of carbonyl (C=O) groups is 1. The van der Waals surface area contributed by atoms with Crippen LogP contribution in [-0.2, 0) is 20.7 Å². The lowest BCUT2D eigenvalue weighted by molar-refractivity contribution is -0.154. The van der Waals surface area contributed by atoms with Crippen LogP contribution in [-0.4, -0.2) is 19.7 Å². The second kappa shape index (κ2) is 7.75. The van der Waals surface area contributed by atoms with Gasteiger partial charge >= 0.3 is 5.97 Å². The second-order valence-corrected chi connectivity index (χ2v) is 5.57. The highest BCUT2D eigenvalue weighted by Crippen LogP contribution is 2.22. The molecule has 0 saturated carbocycles. The average molecular weight is 320 g/mol. The molecule has 3 aromatic carbocycles. The van der Waals surface area contributed by atoms with Crippen molar-refractivity contribution < 1.29 is 14.3 Å². The van der Waals surface area contributed by atoms with Gasteiger partial charge in [0.2, 0.25) is 0 Å². The van der Waals surface area contributed by atoms with E-state index in [1.807, 2.05) is 48.5 Å². The van der Waals surface area contributed by atoms with E-state index in [-0.39, 0.29) is 5.97 Å². The van der Waals surface area contributed by atoms with E-state index in [1.165, 1.54) is 23.4 Å². The van der Waals surface area contributed by atoms with Gasteiger partial charge in [-0.3, -0.25) is 0 Å². The molecule has 0 amide bonds. The minimum atomic E-state index is -0.689. The van der Waals surface area contributed by atoms with Crippen LogP contribution in [0.3, 0.4) is 0 Å². The van der Waals surface area contributed by atoms with E-state index in [2.05, 4.69) is 24.3 Å². The third kappa shape index (κ3) is 3.63. The van der Waals surface area contributed by atoms with Crippen LogP contribution in [0.2, 0.25) is 0 Å². The highest BCUT2D eigenvalue weighted by Gasteiger charge is 2.21. The Kier molecular flexibility index (Phi) is 5.24. The molecule has 0 N–H and O–H groups in total. The Labute approximate surface area is 141 Å². The van der Waals surface area contributed by atoms with Crippen LogP contribution in [0.25, 0.3) is 10.8 Å². The van der Waals surface area contributed by atoms with Crippen molar-refractivity contribution in [2.24, 2.45) is 0 Å². The first-order valence-electron chi connectivity index (χ1n) is 8.00. The van der Waals surface area contributed by atoms with E-state index >= 15 is 0 Å². The molecule has 24 heavy (non-hydrogen) atoms. The standard InChI is InChI=1S/C21H20O3/c1-23-21(22)20(18-9-3-2-4-10-18)24-15-14-17-12-7-11-16-8-5-6-13-19(16)17/h2-13,20H,14-15H2,1H3/t20-/m1/s1. The molecule has 0 bridgehead atoms. The predicted molar refractivity (Wildman–Crippen MR) is 94.8 cm³/mol. The summed E-state index contributed by atoms with van der Waals surface area (Å²) in [6.07, 6.45) is 0.0491. The lowest BCUT2D eigenvalue weighted by Gasteiger charge is -2.16. The summed E-state index contributed by atoms with van der Waals surface area (Å²) < 4.78 is 10.7. The van der Waals surface area contributed by atoms with Gasteiger partial charge in [0.05, 0.1) is 13.7 Å². The molecule has 0 aliphatic carbocycles. The first-order chi connectivity index (χ1) is 11.8. The summed E-state index contributed by atoms with van der Waals surface area (Å²) in [4.78, 5) is 12.0. The highest BCUT2D eigenvalue weighted by molar-refractivity contribution is 5.85. The van der Waals surface area contributed by atoms with Crippen molar-refractivity contribution in [3.05, 3.63) is 83.9 Å². The molecule has 122 valence electrons. The fraction of sp³-hybridized carbons (Fsp3) is 0.190. The van der Waals surface area contributed by atoms with Gasteiger partial charge in [0.25, 0.3) is 0 Å². The summed E-state index contributed by atoms with van der Waals surface area (Å²) in [5.41, 5.74) is 2.02. The van der Waals surface area contributed by atoms with Gasteiger partial charge in [0, 0.05) is 0 Å². The first-order valence-corrected chi connectivity index (χ1v) is 8.00. The zero-order valence-electron chi connectivity index (χ0n) is 13.6. The number of ether oxygens (including phenoxy) is 2. The topological polar surface area (TPSA) is 35.5 Å². The Bertz CT molecular complexity index is 806. The number of hydrogen-bond donors (Lipinski definition) is 0. The molecule has 1 atom stereocenters. The molecule has 3 rings (SSSR count). The van der Waals surface area contributed by atoms with E-state index < -0.39 is 6.10 Å². The summed E-state index contributed by atoms with van der Waals surface area (Å²) in [5, 5.41) is 2.43. The van der Waals surface area contributed by atoms with E-state index in [1.54, 1.807) is 0 Å². The number of esters is 1. The van der Waals surface area contributed by atoms with Gasteiger partial charge in [0.15, 0.2) is 6.10 Å². The molecule has 0 fully saturated rings. The Morgan fingerprint density at radius 3 is 2.42 bits per heavy atom. The molecule has 0 heterocycles. The van der Waals surface area contributed by atoms with Crippen LogP contribution in [0, 0.1) is 0 Å². The molecule has 3 aromatic rings. The van der Waals surface area contributed by atoms with Crippen LogP contribution >= 0.6 is 0 Å². The van der Waals surface area contributed by atoms with Crippen molar-refractivity contribution in [3.63, 3.8) is 0 Å². The summed E-state index contributed by atoms with van der Waals surface area (Å²) in [5.74, 6) is -0.376. The average Bonchev–Trinajstić information content (AvgIpc) is 2.65. The van der Waals surface area contributed by atoms with Crippen molar-refractivity contribution in [3.8, 4) is 0 Å². The van der Waals surface area contributed by atoms with E-state index in [9.17, 15) is 4.79 Å². The molecule has 0 aliphatic heterocycles. The number of rotatable bonds is 6. The van der Waals surface area contributed by atoms with Gasteiger partial charge in [-0.1, -0.05) is 72.8 Å². The molecule has 3 nitrogen and oxygen atoms in total. The zero-order valence-corrected chi connectivity index (χ0v) is 13.6. The first kappa shape index (κ1) is 16.2. The van der Waals surface area contributed by atoms with Gasteiger partial charge in [-0.25, -0.2) is 4.79 Å². The number of hydrogen-bond acceptors (Lipinski definition) is 3. The second-order valence-electron chi connectivity index (χ2n) is 5.57. The van der Waals surface area contributed by atoms with Gasteiger partial charge in [-0.15, -0.1) is 0 Å². The monoisotopic (exact) mass is 320 g/mol. The summed E-state index contributed by atoms with van der Waals surface area (Å²) in [6.45, 7) is 0.447. The minimum Gasteiger partial charge on any atom is -0.467 e. The third-order valence-corrected chi connectivity index (χ3v) is 4.05. The fourth-order valence-electron chi connectivity index (χ4n) is 2.83. The van der Waals surface area contributed by atoms with E-state index in [4.69, 9.17) is 9.47 Å². The molecule has 0 radical (unpaired) electrons. The number of benzene rings is 3. The molecule has 0 aliphatic rings. The summed E-state index contributed by atoms with van der Waals surface area (Å²) >= 11 is 0. The van der Waals surface area contributed by atoms with Crippen LogP contribution in [0.15, 0.2) is 72.8 Å². The number of carbonyl (C=O) groups excluding carboxylic acids is 1. The molecule has 0 unspecified atom stereocenters. The van der Waals surface area contributed by atoms with Crippen molar-refractivity contribution in [1.29, 1.82) is 0 Å². The zero-order chi connectivity index (χ0) is 16.8. The largest absolute Gasteiger partial charge is 0.467 e. The van der Waals surface area contributed by atoms with Crippen molar-refractivity contribution in [2.45, 2.75) is 12.5 Å². The third-order valence-electron chi connectivity index (χ3n) is 4.05. The Balaban J connectivity index is 1.72. The fourth-order valence-corrected chi connectivity index (χ4v) is 2.83. The highest BCUT2D eigenvalue weighted by atomic mass is 16.6. The quantitative estimate of drug-likeness (QED) is 0.635. The molecular weight excluding hydrogens is 300 g/mol. The van der Waals surface area contributed by atoms with Gasteiger partial charge < -0.3 is 9.47 Å². The molecule has 0 saturated heterocycles. The Morgan fingerprint density at radius 2 is 1.62 bits per heavy atom. The maximum absolute atomic E-state index is 12.0. The van der Waals surface area contributed by atoms with Crippen molar-refractivity contribution in [2.75, 3.05) is 13.7 Å². The molecule has 0 spiro atoms. The molecular formula is C21H20O3. The van der Waals surface area contributed by atoms with E-state index in [0.717, 1.165) is 12.0 Å².